The van der Waals surface area contributed by atoms with E-state index < -0.39 is 15.0 Å². The minimum absolute atomic E-state index is 0.377. The van der Waals surface area contributed by atoms with Crippen LogP contribution in [0.5, 0.6) is 0 Å². The molecule has 23 heavy (non-hydrogen) atoms. The number of rotatable bonds is 16. The van der Waals surface area contributed by atoms with Gasteiger partial charge in [0.2, 0.25) is 0 Å². The van der Waals surface area contributed by atoms with Crippen LogP contribution in [0.25, 0.3) is 0 Å². The van der Waals surface area contributed by atoms with Gasteiger partial charge in [0.05, 0.1) is 0 Å². The van der Waals surface area contributed by atoms with Crippen LogP contribution in [-0.2, 0) is 27.2 Å². The van der Waals surface area contributed by atoms with Gasteiger partial charge < -0.3 is 34.2 Å². The van der Waals surface area contributed by atoms with Crippen molar-refractivity contribution in [3.8, 4) is 0 Å². The van der Waals surface area contributed by atoms with Gasteiger partial charge in [-0.25, -0.2) is 0 Å². The Balaban J connectivity index is 5.25. The lowest BCUT2D eigenvalue weighted by Gasteiger charge is -2.38. The van der Waals surface area contributed by atoms with Gasteiger partial charge in [0, 0.05) is 40.0 Å². The summed E-state index contributed by atoms with van der Waals surface area (Å²) in [6, 6.07) is 0. The molecule has 140 valence electrons. The molecule has 0 aliphatic carbocycles. The second kappa shape index (κ2) is 13.2. The highest BCUT2D eigenvalue weighted by Gasteiger charge is 2.53. The molecule has 0 bridgehead atoms. The molecule has 0 aromatic carbocycles. The number of nitrogens with two attached hydrogens (primary N) is 2. The van der Waals surface area contributed by atoms with Crippen molar-refractivity contribution in [2.24, 2.45) is 11.5 Å². The van der Waals surface area contributed by atoms with E-state index in [-0.39, 0.29) is 0 Å². The summed E-state index contributed by atoms with van der Waals surface area (Å²) >= 11 is 0. The molecular formula is C14H34N2O6Si. The Morgan fingerprint density at radius 2 is 1.48 bits per heavy atom. The van der Waals surface area contributed by atoms with Gasteiger partial charge in [-0.05, 0) is 46.7 Å². The van der Waals surface area contributed by atoms with Crippen LogP contribution < -0.4 is 11.5 Å². The van der Waals surface area contributed by atoms with E-state index in [9.17, 15) is 0 Å². The Kier molecular flexibility index (Phi) is 13.2. The van der Waals surface area contributed by atoms with Crippen molar-refractivity contribution < 1.29 is 27.2 Å². The van der Waals surface area contributed by atoms with Crippen molar-refractivity contribution in [2.75, 3.05) is 46.6 Å². The van der Waals surface area contributed by atoms with Crippen molar-refractivity contribution >= 4 is 9.05 Å². The molecule has 0 saturated heterocycles. The highest BCUT2D eigenvalue weighted by molar-refractivity contribution is 6.53. The van der Waals surface area contributed by atoms with Crippen LogP contribution >= 0.6 is 0 Å². The first kappa shape index (κ1) is 22.9. The lowest BCUT2D eigenvalue weighted by molar-refractivity contribution is -0.366. The third kappa shape index (κ3) is 8.52. The summed E-state index contributed by atoms with van der Waals surface area (Å²) in [6.07, 6.45) is 1.80. The van der Waals surface area contributed by atoms with Gasteiger partial charge in [-0.3, -0.25) is 4.43 Å². The van der Waals surface area contributed by atoms with E-state index >= 15 is 0 Å². The highest BCUT2D eigenvalue weighted by Crippen LogP contribution is 2.28. The third-order valence-electron chi connectivity index (χ3n) is 2.89. The van der Waals surface area contributed by atoms with Gasteiger partial charge >= 0.3 is 9.05 Å². The van der Waals surface area contributed by atoms with Gasteiger partial charge in [0.15, 0.2) is 0 Å². The number of hydrogen-bond acceptors (Lipinski definition) is 8. The predicted molar refractivity (Wildman–Crippen MR) is 89.4 cm³/mol. The average molecular weight is 355 g/mol. The smallest absolute Gasteiger partial charge is 0.354 e. The molecule has 0 aromatic rings. The van der Waals surface area contributed by atoms with Crippen LogP contribution in [0, 0.1) is 0 Å². The second-order valence-electron chi connectivity index (χ2n) is 4.67. The van der Waals surface area contributed by atoms with Crippen molar-refractivity contribution in [2.45, 2.75) is 46.0 Å². The van der Waals surface area contributed by atoms with Gasteiger partial charge in [0.25, 0.3) is 5.97 Å². The molecule has 8 nitrogen and oxygen atoms in total. The maximum absolute atomic E-state index is 6.08. The van der Waals surface area contributed by atoms with Crippen molar-refractivity contribution in [1.82, 2.24) is 0 Å². The second-order valence-corrected chi connectivity index (χ2v) is 6.86. The van der Waals surface area contributed by atoms with E-state index in [2.05, 4.69) is 0 Å². The molecule has 0 aromatic heterocycles. The lowest BCUT2D eigenvalue weighted by Crippen LogP contribution is -2.57. The van der Waals surface area contributed by atoms with Gasteiger partial charge in [0.1, 0.15) is 0 Å². The first-order valence-electron chi connectivity index (χ1n) is 8.28. The van der Waals surface area contributed by atoms with Crippen LogP contribution in [0.3, 0.4) is 0 Å². The Hall–Kier alpha value is -0.103. The zero-order valence-corrected chi connectivity index (χ0v) is 16.0. The van der Waals surface area contributed by atoms with E-state index in [4.69, 9.17) is 38.6 Å². The van der Waals surface area contributed by atoms with Crippen LogP contribution in [0.15, 0.2) is 0 Å². The zero-order valence-electron chi connectivity index (χ0n) is 15.0. The Bertz CT molecular complexity index is 282. The van der Waals surface area contributed by atoms with E-state index in [1.54, 1.807) is 0 Å². The fourth-order valence-corrected chi connectivity index (χ4v) is 3.83. The van der Waals surface area contributed by atoms with Crippen LogP contribution in [0.2, 0.25) is 0 Å². The van der Waals surface area contributed by atoms with Gasteiger partial charge in [-0.2, -0.15) is 0 Å². The summed E-state index contributed by atoms with van der Waals surface area (Å²) in [4.78, 5) is 0. The minimum atomic E-state index is -3.41. The first-order chi connectivity index (χ1) is 11.1. The molecular weight excluding hydrogens is 320 g/mol. The molecule has 0 saturated carbocycles. The SMILES string of the molecule is CCOC(CCCN)(OCC)O[Si](OC)(OCC)OCCCN. The molecule has 0 heterocycles. The number of hydrogen-bond donors (Lipinski definition) is 2. The molecule has 0 spiro atoms. The first-order valence-corrected chi connectivity index (χ1v) is 9.92. The predicted octanol–water partition coefficient (Wildman–Crippen LogP) is 0.953. The molecule has 0 aliphatic rings. The zero-order chi connectivity index (χ0) is 17.6. The standard InChI is InChI=1S/C14H34N2O6Si/c1-5-18-14(19-6-2,10-8-11-15)22-23(17-4,20-7-3)21-13-9-12-16/h5-13,15-16H2,1-4H3. The summed E-state index contributed by atoms with van der Waals surface area (Å²) in [5, 5.41) is 0. The summed E-state index contributed by atoms with van der Waals surface area (Å²) in [7, 11) is -1.92. The summed E-state index contributed by atoms with van der Waals surface area (Å²) < 4.78 is 34.6. The van der Waals surface area contributed by atoms with E-state index in [0.29, 0.717) is 58.8 Å². The molecule has 1 unspecified atom stereocenters. The molecule has 0 amide bonds. The monoisotopic (exact) mass is 354 g/mol. The molecule has 0 aliphatic heterocycles. The molecule has 4 N–H and O–H groups in total. The van der Waals surface area contributed by atoms with E-state index in [0.717, 1.165) is 0 Å². The Morgan fingerprint density at radius 3 is 1.91 bits per heavy atom. The van der Waals surface area contributed by atoms with Gasteiger partial charge in [-0.1, -0.05) is 0 Å². The largest absolute Gasteiger partial charge is 0.683 e. The normalized spacial score (nSPS) is 14.9. The highest BCUT2D eigenvalue weighted by atomic mass is 28.4. The minimum Gasteiger partial charge on any atom is -0.354 e. The average Bonchev–Trinajstić information content (AvgIpc) is 2.54. The topological polar surface area (TPSA) is 107 Å². The van der Waals surface area contributed by atoms with Crippen molar-refractivity contribution in [1.29, 1.82) is 0 Å². The molecule has 0 rings (SSSR count). The lowest BCUT2D eigenvalue weighted by atomic mass is 10.2. The maximum atomic E-state index is 6.08. The molecule has 1 atom stereocenters. The summed E-state index contributed by atoms with van der Waals surface area (Å²) in [5.41, 5.74) is 11.1. The maximum Gasteiger partial charge on any atom is 0.683 e. The Morgan fingerprint density at radius 1 is 0.870 bits per heavy atom. The van der Waals surface area contributed by atoms with Crippen LogP contribution in [0.4, 0.5) is 0 Å². The fraction of sp³-hybridized carbons (Fsp3) is 1.00. The van der Waals surface area contributed by atoms with Gasteiger partial charge in [-0.15, -0.1) is 0 Å². The fourth-order valence-electron chi connectivity index (χ4n) is 1.96. The quantitative estimate of drug-likeness (QED) is 0.240. The summed E-state index contributed by atoms with van der Waals surface area (Å²) in [6.45, 7) is 8.17. The molecule has 0 radical (unpaired) electrons. The van der Waals surface area contributed by atoms with E-state index in [1.165, 1.54) is 7.11 Å². The molecule has 0 fully saturated rings. The number of ether oxygens (including phenoxy) is 2. The van der Waals surface area contributed by atoms with Crippen LogP contribution in [0.1, 0.15) is 40.0 Å². The molecule has 9 heteroatoms. The Labute approximate surface area is 141 Å². The van der Waals surface area contributed by atoms with Crippen molar-refractivity contribution in [3.05, 3.63) is 0 Å². The van der Waals surface area contributed by atoms with Crippen LogP contribution in [-0.4, -0.2) is 61.6 Å². The third-order valence-corrected chi connectivity index (χ3v) is 5.16. The summed E-state index contributed by atoms with van der Waals surface area (Å²) in [5.74, 6) is -1.29. The van der Waals surface area contributed by atoms with Crippen molar-refractivity contribution in [3.63, 3.8) is 0 Å². The van der Waals surface area contributed by atoms with E-state index in [1.807, 2.05) is 20.8 Å².